The zero-order valence-corrected chi connectivity index (χ0v) is 14.8. The summed E-state index contributed by atoms with van der Waals surface area (Å²) in [5, 5.41) is 7.32. The summed E-state index contributed by atoms with van der Waals surface area (Å²) in [5.41, 5.74) is 1.22. The summed E-state index contributed by atoms with van der Waals surface area (Å²) >= 11 is 0. The number of carbonyl (C=O) groups excluding carboxylic acids is 1. The van der Waals surface area contributed by atoms with E-state index in [9.17, 15) is 13.2 Å². The molecule has 7 nitrogen and oxygen atoms in total. The molecule has 0 aliphatic heterocycles. The molecule has 26 heavy (non-hydrogen) atoms. The number of hydrogen-bond acceptors (Lipinski definition) is 6. The molecule has 8 heteroatoms. The Bertz CT molecular complexity index is 986. The van der Waals surface area contributed by atoms with Gasteiger partial charge in [0.15, 0.2) is 0 Å². The lowest BCUT2D eigenvalue weighted by Crippen LogP contribution is -2.34. The summed E-state index contributed by atoms with van der Waals surface area (Å²) in [4.78, 5) is 12.5. The first kappa shape index (κ1) is 17.8. The second-order valence-electron chi connectivity index (χ2n) is 5.61. The van der Waals surface area contributed by atoms with Gasteiger partial charge in [0.1, 0.15) is 0 Å². The molecule has 0 aliphatic carbocycles. The molecule has 0 spiro atoms. The highest BCUT2D eigenvalue weighted by Gasteiger charge is 2.25. The van der Waals surface area contributed by atoms with Crippen molar-refractivity contribution in [1.82, 2.24) is 14.9 Å². The van der Waals surface area contributed by atoms with Crippen LogP contribution in [0, 0.1) is 0 Å². The van der Waals surface area contributed by atoms with E-state index in [0.29, 0.717) is 12.0 Å². The Balaban J connectivity index is 1.85. The number of carbonyl (C=O) groups is 1. The van der Waals surface area contributed by atoms with Gasteiger partial charge >= 0.3 is 0 Å². The van der Waals surface area contributed by atoms with Crippen LogP contribution in [0.5, 0.6) is 0 Å². The number of hydrogen-bond donors (Lipinski definition) is 1. The summed E-state index contributed by atoms with van der Waals surface area (Å²) in [6.45, 7) is 1.83. The van der Waals surface area contributed by atoms with Crippen molar-refractivity contribution in [2.75, 3.05) is 0 Å². The van der Waals surface area contributed by atoms with E-state index in [4.69, 9.17) is 4.42 Å². The molecular weight excluding hydrogens is 354 g/mol. The minimum Gasteiger partial charge on any atom is -0.423 e. The Hall–Kier alpha value is -3.00. The number of aromatic nitrogens is 2. The molecule has 0 radical (unpaired) electrons. The van der Waals surface area contributed by atoms with Gasteiger partial charge in [-0.2, -0.15) is 0 Å². The first-order chi connectivity index (χ1) is 12.5. The zero-order valence-electron chi connectivity index (χ0n) is 14.0. The van der Waals surface area contributed by atoms with E-state index in [2.05, 4.69) is 14.9 Å². The van der Waals surface area contributed by atoms with Crippen molar-refractivity contribution in [3.63, 3.8) is 0 Å². The van der Waals surface area contributed by atoms with Gasteiger partial charge < -0.3 is 4.42 Å². The van der Waals surface area contributed by atoms with Crippen LogP contribution in [0.4, 0.5) is 0 Å². The van der Waals surface area contributed by atoms with Crippen LogP contribution in [0.2, 0.25) is 0 Å². The topological polar surface area (TPSA) is 102 Å². The van der Waals surface area contributed by atoms with Crippen molar-refractivity contribution < 1.29 is 17.6 Å². The van der Waals surface area contributed by atoms with Crippen LogP contribution >= 0.6 is 0 Å². The maximum absolute atomic E-state index is 12.6. The first-order valence-corrected chi connectivity index (χ1v) is 9.48. The monoisotopic (exact) mass is 371 g/mol. The van der Waals surface area contributed by atoms with Crippen molar-refractivity contribution in [2.45, 2.75) is 24.2 Å². The van der Waals surface area contributed by atoms with Crippen LogP contribution in [0.25, 0.3) is 11.5 Å². The molecule has 1 heterocycles. The molecule has 1 N–H and O–H groups in total. The molecule has 3 aromatic rings. The average molecular weight is 371 g/mol. The van der Waals surface area contributed by atoms with Gasteiger partial charge in [0.2, 0.25) is 18.2 Å². The van der Waals surface area contributed by atoms with Crippen LogP contribution in [0.15, 0.2) is 70.3 Å². The van der Waals surface area contributed by atoms with Crippen LogP contribution < -0.4 is 4.72 Å². The third-order valence-corrected chi connectivity index (χ3v) is 5.26. The highest BCUT2D eigenvalue weighted by Crippen LogP contribution is 2.23. The maximum atomic E-state index is 12.6. The molecule has 0 aliphatic rings. The molecular formula is C18H17N3O4S. The molecule has 0 saturated heterocycles. The highest BCUT2D eigenvalue weighted by atomic mass is 32.2. The second-order valence-corrected chi connectivity index (χ2v) is 7.30. The number of nitrogens with one attached hydrogen (secondary N) is 1. The first-order valence-electron chi connectivity index (χ1n) is 7.99. The van der Waals surface area contributed by atoms with E-state index in [1.165, 1.54) is 12.1 Å². The molecule has 2 aromatic carbocycles. The van der Waals surface area contributed by atoms with E-state index in [1.807, 2.05) is 25.1 Å². The molecule has 0 saturated carbocycles. The van der Waals surface area contributed by atoms with E-state index < -0.39 is 21.8 Å². The molecule has 1 amide bonds. The van der Waals surface area contributed by atoms with Gasteiger partial charge in [-0.05, 0) is 30.2 Å². The predicted molar refractivity (Wildman–Crippen MR) is 94.5 cm³/mol. The predicted octanol–water partition coefficient (Wildman–Crippen LogP) is 2.74. The van der Waals surface area contributed by atoms with Crippen LogP contribution in [-0.4, -0.2) is 24.5 Å². The molecule has 1 aromatic heterocycles. The number of amides is 1. The summed E-state index contributed by atoms with van der Waals surface area (Å²) in [6.07, 6.45) is 1.64. The van der Waals surface area contributed by atoms with E-state index >= 15 is 0 Å². The van der Waals surface area contributed by atoms with Crippen LogP contribution in [0.1, 0.15) is 24.8 Å². The highest BCUT2D eigenvalue weighted by molar-refractivity contribution is 7.90. The smallest absolute Gasteiger partial charge is 0.264 e. The third kappa shape index (κ3) is 3.80. The molecule has 0 fully saturated rings. The fourth-order valence-electron chi connectivity index (χ4n) is 2.62. The van der Waals surface area contributed by atoms with Crippen molar-refractivity contribution >= 4 is 15.9 Å². The van der Waals surface area contributed by atoms with E-state index in [0.717, 1.165) is 12.0 Å². The third-order valence-electron chi connectivity index (χ3n) is 3.91. The van der Waals surface area contributed by atoms with Crippen molar-refractivity contribution in [3.05, 3.63) is 66.6 Å². The van der Waals surface area contributed by atoms with Gasteiger partial charge in [-0.25, -0.2) is 13.1 Å². The fourth-order valence-corrected chi connectivity index (χ4v) is 3.68. The van der Waals surface area contributed by atoms with Gasteiger partial charge in [0.05, 0.1) is 10.8 Å². The van der Waals surface area contributed by atoms with Gasteiger partial charge in [0.25, 0.3) is 10.0 Å². The number of sulfonamides is 1. The Morgan fingerprint density at radius 3 is 2.58 bits per heavy atom. The van der Waals surface area contributed by atoms with Crippen LogP contribution in [-0.2, 0) is 14.8 Å². The molecule has 3 rings (SSSR count). The summed E-state index contributed by atoms with van der Waals surface area (Å²) in [7, 11) is -4.03. The summed E-state index contributed by atoms with van der Waals surface area (Å²) in [6, 6.07) is 15.0. The summed E-state index contributed by atoms with van der Waals surface area (Å²) in [5.74, 6) is -0.920. The molecule has 1 atom stereocenters. The summed E-state index contributed by atoms with van der Waals surface area (Å²) < 4.78 is 32.5. The van der Waals surface area contributed by atoms with Gasteiger partial charge in [-0.3, -0.25) is 4.79 Å². The minimum atomic E-state index is -4.03. The number of rotatable bonds is 6. The Morgan fingerprint density at radius 2 is 1.92 bits per heavy atom. The Morgan fingerprint density at radius 1 is 1.15 bits per heavy atom. The van der Waals surface area contributed by atoms with E-state index in [-0.39, 0.29) is 10.8 Å². The van der Waals surface area contributed by atoms with Gasteiger partial charge in [0, 0.05) is 5.56 Å². The fraction of sp³-hybridized carbons (Fsp3) is 0.167. The molecule has 0 bridgehead atoms. The normalized spacial score (nSPS) is 12.5. The van der Waals surface area contributed by atoms with Crippen molar-refractivity contribution in [1.29, 1.82) is 0 Å². The molecule has 1 unspecified atom stereocenters. The Labute approximate surface area is 151 Å². The lowest BCUT2D eigenvalue weighted by molar-refractivity contribution is -0.120. The lowest BCUT2D eigenvalue weighted by atomic mass is 9.96. The quantitative estimate of drug-likeness (QED) is 0.715. The number of nitrogens with zero attached hydrogens (tertiary/aromatic N) is 2. The standard InChI is InChI=1S/C18H17N3O4S/c1-2-16(13-7-4-3-5-8-13)17(22)21-26(23,24)15-10-6-9-14(11-15)18-20-19-12-25-18/h3-12,16H,2H2,1H3,(H,21,22). The largest absolute Gasteiger partial charge is 0.423 e. The maximum Gasteiger partial charge on any atom is 0.264 e. The van der Waals surface area contributed by atoms with Crippen LogP contribution in [0.3, 0.4) is 0 Å². The van der Waals surface area contributed by atoms with E-state index in [1.54, 1.807) is 24.3 Å². The number of benzene rings is 2. The Kier molecular flexibility index (Phi) is 5.13. The van der Waals surface area contributed by atoms with Gasteiger partial charge in [-0.15, -0.1) is 10.2 Å². The average Bonchev–Trinajstić information content (AvgIpc) is 3.18. The van der Waals surface area contributed by atoms with Gasteiger partial charge in [-0.1, -0.05) is 43.3 Å². The SMILES string of the molecule is CCC(C(=O)NS(=O)(=O)c1cccc(-c2nnco2)c1)c1ccccc1. The van der Waals surface area contributed by atoms with Crippen molar-refractivity contribution in [2.24, 2.45) is 0 Å². The second kappa shape index (κ2) is 7.49. The zero-order chi connectivity index (χ0) is 18.6. The molecule has 134 valence electrons. The minimum absolute atomic E-state index is 0.0514. The van der Waals surface area contributed by atoms with Crippen molar-refractivity contribution in [3.8, 4) is 11.5 Å². The lowest BCUT2D eigenvalue weighted by Gasteiger charge is -2.15.